The molecule has 5 nitrogen and oxygen atoms in total. The number of carbonyl (C=O) groups excluding carboxylic acids is 1. The van der Waals surface area contributed by atoms with Crippen LogP contribution in [0, 0.1) is 0 Å². The van der Waals surface area contributed by atoms with Gasteiger partial charge < -0.3 is 19.8 Å². The van der Waals surface area contributed by atoms with Gasteiger partial charge in [-0.25, -0.2) is 4.79 Å². The van der Waals surface area contributed by atoms with Gasteiger partial charge in [-0.05, 0) is 25.9 Å². The molecule has 0 aromatic heterocycles. The fourth-order valence-corrected chi connectivity index (χ4v) is 1.17. The molecule has 14 heavy (non-hydrogen) atoms. The van der Waals surface area contributed by atoms with E-state index in [0.717, 1.165) is 11.8 Å². The average molecular weight is 223 g/mol. The van der Waals surface area contributed by atoms with E-state index in [1.54, 1.807) is 0 Å². The van der Waals surface area contributed by atoms with Crippen molar-refractivity contribution in [1.29, 1.82) is 0 Å². The summed E-state index contributed by atoms with van der Waals surface area (Å²) in [5.74, 6) is 0.164. The molecule has 84 valence electrons. The molecular weight excluding hydrogens is 206 g/mol. The number of likely N-dealkylation sites (N-methyl/N-ethyl adjacent to an activating group) is 1. The average Bonchev–Trinajstić information content (AvgIpc) is 2.13. The highest BCUT2D eigenvalue weighted by Crippen LogP contribution is 2.06. The van der Waals surface area contributed by atoms with E-state index in [4.69, 9.17) is 14.9 Å². The third-order valence-corrected chi connectivity index (χ3v) is 2.27. The molecule has 0 bridgehead atoms. The molecule has 0 rings (SSSR count). The zero-order valence-corrected chi connectivity index (χ0v) is 9.29. The summed E-state index contributed by atoms with van der Waals surface area (Å²) in [5, 5.41) is 17.0. The number of rotatable bonds is 6. The van der Waals surface area contributed by atoms with E-state index < -0.39 is 11.4 Å². The second kappa shape index (κ2) is 8.05. The van der Waals surface area contributed by atoms with E-state index in [1.165, 1.54) is 0 Å². The molecule has 2 N–H and O–H groups in total. The Morgan fingerprint density at radius 3 is 2.71 bits per heavy atom. The summed E-state index contributed by atoms with van der Waals surface area (Å²) in [7, 11) is 3.77. The second-order valence-electron chi connectivity index (χ2n) is 3.05. The van der Waals surface area contributed by atoms with E-state index in [-0.39, 0.29) is 12.4 Å². The van der Waals surface area contributed by atoms with Gasteiger partial charge in [0.1, 0.15) is 6.61 Å². The van der Waals surface area contributed by atoms with Crippen LogP contribution in [0.4, 0.5) is 4.79 Å². The molecule has 0 saturated carbocycles. The fourth-order valence-electron chi connectivity index (χ4n) is 0.570. The molecule has 1 atom stereocenters. The molecule has 0 fully saturated rings. The number of hydrogen-bond donors (Lipinski definition) is 2. The summed E-state index contributed by atoms with van der Waals surface area (Å²) < 4.78 is 4.84. The smallest absolute Gasteiger partial charge is 0.367 e. The highest BCUT2D eigenvalue weighted by atomic mass is 32.2. The number of hydrogen-bond acceptors (Lipinski definition) is 6. The lowest BCUT2D eigenvalue weighted by atomic mass is 10.4. The van der Waals surface area contributed by atoms with Gasteiger partial charge in [0.2, 0.25) is 0 Å². The number of thioether (sulfide) groups is 1. The molecule has 0 radical (unpaired) electrons. The lowest BCUT2D eigenvalue weighted by Crippen LogP contribution is -2.20. The summed E-state index contributed by atoms with van der Waals surface area (Å²) in [6, 6.07) is 0. The van der Waals surface area contributed by atoms with E-state index in [9.17, 15) is 4.79 Å². The Labute approximate surface area is 88.0 Å². The Morgan fingerprint density at radius 1 is 1.57 bits per heavy atom. The Hall–Kier alpha value is -0.300. The Balaban J connectivity index is 3.37. The number of aliphatic hydroxyl groups excluding tert-OH is 2. The predicted octanol–water partition coefficient (Wildman–Crippen LogP) is -0.229. The summed E-state index contributed by atoms with van der Waals surface area (Å²) in [5.41, 5.74) is 0. The van der Waals surface area contributed by atoms with Crippen LogP contribution in [-0.2, 0) is 4.74 Å². The van der Waals surface area contributed by atoms with Crippen LogP contribution in [0.1, 0.15) is 0 Å². The first-order chi connectivity index (χ1) is 6.56. The molecule has 0 aliphatic rings. The van der Waals surface area contributed by atoms with Crippen molar-refractivity contribution in [1.82, 2.24) is 4.90 Å². The van der Waals surface area contributed by atoms with Gasteiger partial charge >= 0.3 is 5.30 Å². The van der Waals surface area contributed by atoms with Crippen molar-refractivity contribution in [3.8, 4) is 0 Å². The molecule has 0 spiro atoms. The minimum absolute atomic E-state index is 0.164. The van der Waals surface area contributed by atoms with Gasteiger partial charge in [0.05, 0.1) is 12.7 Å². The third kappa shape index (κ3) is 8.31. The van der Waals surface area contributed by atoms with E-state index in [1.807, 2.05) is 19.0 Å². The van der Waals surface area contributed by atoms with Gasteiger partial charge in [-0.15, -0.1) is 0 Å². The van der Waals surface area contributed by atoms with Gasteiger partial charge in [-0.2, -0.15) is 0 Å². The van der Waals surface area contributed by atoms with E-state index in [0.29, 0.717) is 13.2 Å². The Morgan fingerprint density at radius 2 is 2.21 bits per heavy atom. The van der Waals surface area contributed by atoms with Crippen molar-refractivity contribution in [2.24, 2.45) is 0 Å². The Kier molecular flexibility index (Phi) is 7.87. The molecule has 0 amide bonds. The molecule has 0 aliphatic carbocycles. The van der Waals surface area contributed by atoms with Gasteiger partial charge in [0.15, 0.2) is 0 Å². The minimum atomic E-state index is -0.860. The standard InChI is InChI=1S/C8H17NO4S/c1-9(2)3-4-13-8(12)14-6-7(11)5-10/h7,10-11H,3-6H2,1-2H3. The zero-order chi connectivity index (χ0) is 11.0. The van der Waals surface area contributed by atoms with Gasteiger partial charge in [-0.1, -0.05) is 0 Å². The highest BCUT2D eigenvalue weighted by molar-refractivity contribution is 8.13. The minimum Gasteiger partial charge on any atom is -0.456 e. The van der Waals surface area contributed by atoms with Gasteiger partial charge in [0, 0.05) is 12.3 Å². The molecule has 6 heteroatoms. The number of nitrogens with zero attached hydrogens (tertiary/aromatic N) is 1. The van der Waals surface area contributed by atoms with Crippen LogP contribution in [0.25, 0.3) is 0 Å². The van der Waals surface area contributed by atoms with Crippen molar-refractivity contribution >= 4 is 17.1 Å². The molecule has 0 saturated heterocycles. The monoisotopic (exact) mass is 223 g/mol. The summed E-state index contributed by atoms with van der Waals surface area (Å²) in [4.78, 5) is 12.9. The maximum Gasteiger partial charge on any atom is 0.367 e. The molecule has 1 unspecified atom stereocenters. The predicted molar refractivity (Wildman–Crippen MR) is 55.5 cm³/mol. The third-order valence-electron chi connectivity index (χ3n) is 1.36. The summed E-state index contributed by atoms with van der Waals surface area (Å²) in [6.07, 6.45) is -0.860. The second-order valence-corrected chi connectivity index (χ2v) is 4.00. The fraction of sp³-hybridized carbons (Fsp3) is 0.875. The topological polar surface area (TPSA) is 70.0 Å². The van der Waals surface area contributed by atoms with Crippen LogP contribution in [0.3, 0.4) is 0 Å². The maximum atomic E-state index is 11.0. The number of carbonyl (C=O) groups is 1. The Bertz CT molecular complexity index is 165. The van der Waals surface area contributed by atoms with Crippen molar-refractivity contribution < 1.29 is 19.7 Å². The van der Waals surface area contributed by atoms with Crippen LogP contribution in [-0.4, -0.2) is 66.1 Å². The molecular formula is C8H17NO4S. The number of ether oxygens (including phenoxy) is 1. The van der Waals surface area contributed by atoms with Gasteiger partial charge in [0.25, 0.3) is 0 Å². The maximum absolute atomic E-state index is 11.0. The normalized spacial score (nSPS) is 12.9. The van der Waals surface area contributed by atoms with Crippen molar-refractivity contribution in [3.05, 3.63) is 0 Å². The van der Waals surface area contributed by atoms with Crippen LogP contribution < -0.4 is 0 Å². The van der Waals surface area contributed by atoms with Crippen LogP contribution >= 0.6 is 11.8 Å². The molecule has 0 heterocycles. The lowest BCUT2D eigenvalue weighted by Gasteiger charge is -2.10. The van der Waals surface area contributed by atoms with Crippen molar-refractivity contribution in [3.63, 3.8) is 0 Å². The molecule has 0 aromatic rings. The highest BCUT2D eigenvalue weighted by Gasteiger charge is 2.08. The van der Waals surface area contributed by atoms with Gasteiger partial charge in [-0.3, -0.25) is 0 Å². The van der Waals surface area contributed by atoms with Crippen LogP contribution in [0.2, 0.25) is 0 Å². The number of aliphatic hydroxyl groups is 2. The molecule has 0 aliphatic heterocycles. The largest absolute Gasteiger partial charge is 0.456 e. The van der Waals surface area contributed by atoms with Crippen molar-refractivity contribution in [2.75, 3.05) is 39.6 Å². The first-order valence-electron chi connectivity index (χ1n) is 4.29. The summed E-state index contributed by atoms with van der Waals surface area (Å²) in [6.45, 7) is 0.681. The lowest BCUT2D eigenvalue weighted by molar-refractivity contribution is 0.113. The van der Waals surface area contributed by atoms with Crippen LogP contribution in [0.5, 0.6) is 0 Å². The van der Waals surface area contributed by atoms with Crippen molar-refractivity contribution in [2.45, 2.75) is 6.10 Å². The molecule has 0 aromatic carbocycles. The first kappa shape index (κ1) is 13.7. The van der Waals surface area contributed by atoms with Crippen LogP contribution in [0.15, 0.2) is 0 Å². The SMILES string of the molecule is CN(C)CCOC(=O)SCC(O)CO. The zero-order valence-electron chi connectivity index (χ0n) is 8.47. The first-order valence-corrected chi connectivity index (χ1v) is 5.28. The summed E-state index contributed by atoms with van der Waals surface area (Å²) >= 11 is 0.871. The quantitative estimate of drug-likeness (QED) is 0.606. The van der Waals surface area contributed by atoms with E-state index >= 15 is 0 Å². The van der Waals surface area contributed by atoms with E-state index in [2.05, 4.69) is 0 Å².